The molecule has 5 nitrogen and oxygen atoms in total. The Kier molecular flexibility index (Phi) is 6.14. The molecule has 0 atom stereocenters. The Bertz CT molecular complexity index is 1030. The van der Waals surface area contributed by atoms with E-state index in [0.29, 0.717) is 35.4 Å². The van der Waals surface area contributed by atoms with Crippen LogP contribution in [-0.4, -0.2) is 13.4 Å². The van der Waals surface area contributed by atoms with Crippen molar-refractivity contribution in [3.05, 3.63) is 76.6 Å². The van der Waals surface area contributed by atoms with Crippen LogP contribution in [0.5, 0.6) is 23.0 Å². The minimum atomic E-state index is -0.281. The van der Waals surface area contributed by atoms with Crippen LogP contribution in [0.3, 0.4) is 0 Å². The normalized spacial score (nSPS) is 12.0. The smallest absolute Gasteiger partial charge is 0.231 e. The summed E-state index contributed by atoms with van der Waals surface area (Å²) in [6.45, 7) is 3.41. The predicted molar refractivity (Wildman–Crippen MR) is 113 cm³/mol. The van der Waals surface area contributed by atoms with Crippen molar-refractivity contribution in [3.63, 3.8) is 0 Å². The summed E-state index contributed by atoms with van der Waals surface area (Å²) in [6, 6.07) is 15.5. The number of halogens is 2. The molecule has 4 rings (SSSR count). The third-order valence-electron chi connectivity index (χ3n) is 4.58. The van der Waals surface area contributed by atoms with Crippen LogP contribution in [0.2, 0.25) is 5.02 Å². The van der Waals surface area contributed by atoms with Crippen LogP contribution in [-0.2, 0) is 13.2 Å². The van der Waals surface area contributed by atoms with E-state index in [4.69, 9.17) is 30.5 Å². The van der Waals surface area contributed by atoms with Gasteiger partial charge in [-0.2, -0.15) is 0 Å². The summed E-state index contributed by atoms with van der Waals surface area (Å²) in [4.78, 5) is 0. The van der Waals surface area contributed by atoms with Gasteiger partial charge in [-0.05, 0) is 48.4 Å². The highest BCUT2D eigenvalue weighted by molar-refractivity contribution is 6.31. The lowest BCUT2D eigenvalue weighted by Crippen LogP contribution is -2.04. The first-order chi connectivity index (χ1) is 14.6. The number of nitrogens with one attached hydrogen (secondary N) is 1. The van der Waals surface area contributed by atoms with Gasteiger partial charge in [0, 0.05) is 29.4 Å². The second-order valence-corrected chi connectivity index (χ2v) is 7.07. The first-order valence-corrected chi connectivity index (χ1v) is 9.96. The topological polar surface area (TPSA) is 49.0 Å². The van der Waals surface area contributed by atoms with Crippen molar-refractivity contribution in [2.24, 2.45) is 0 Å². The fourth-order valence-corrected chi connectivity index (χ4v) is 3.26. The van der Waals surface area contributed by atoms with E-state index in [1.807, 2.05) is 31.2 Å². The van der Waals surface area contributed by atoms with Gasteiger partial charge in [-0.1, -0.05) is 23.7 Å². The quantitative estimate of drug-likeness (QED) is 0.490. The fourth-order valence-electron chi connectivity index (χ4n) is 3.04. The Hall–Kier alpha value is -3.12. The molecule has 0 amide bonds. The van der Waals surface area contributed by atoms with E-state index in [9.17, 15) is 4.39 Å². The predicted octanol–water partition coefficient (Wildman–Crippen LogP) is 5.80. The van der Waals surface area contributed by atoms with Gasteiger partial charge in [-0.15, -0.1) is 0 Å². The molecule has 3 aromatic rings. The van der Waals surface area contributed by atoms with Gasteiger partial charge in [-0.25, -0.2) is 4.39 Å². The molecule has 0 spiro atoms. The Morgan fingerprint density at radius 2 is 1.73 bits per heavy atom. The lowest BCUT2D eigenvalue weighted by atomic mass is 10.2. The van der Waals surface area contributed by atoms with Crippen LogP contribution in [0, 0.1) is 5.82 Å². The molecule has 1 N–H and O–H groups in total. The zero-order chi connectivity index (χ0) is 20.9. The molecule has 3 aromatic carbocycles. The molecule has 1 heterocycles. The maximum Gasteiger partial charge on any atom is 0.231 e. The van der Waals surface area contributed by atoms with Crippen molar-refractivity contribution < 1.29 is 23.3 Å². The minimum absolute atomic E-state index is 0.238. The van der Waals surface area contributed by atoms with Gasteiger partial charge in [-0.3, -0.25) is 0 Å². The van der Waals surface area contributed by atoms with Crippen LogP contribution >= 0.6 is 11.6 Å². The summed E-state index contributed by atoms with van der Waals surface area (Å²) in [5.74, 6) is 2.31. The van der Waals surface area contributed by atoms with Crippen LogP contribution in [0.1, 0.15) is 18.1 Å². The molecule has 0 aliphatic carbocycles. The van der Waals surface area contributed by atoms with Crippen molar-refractivity contribution in [1.82, 2.24) is 0 Å². The molecular formula is C23H21ClFNO4. The van der Waals surface area contributed by atoms with Crippen LogP contribution in [0.25, 0.3) is 0 Å². The van der Waals surface area contributed by atoms with Gasteiger partial charge in [0.15, 0.2) is 23.0 Å². The van der Waals surface area contributed by atoms with E-state index in [-0.39, 0.29) is 19.2 Å². The Morgan fingerprint density at radius 3 is 2.53 bits per heavy atom. The van der Waals surface area contributed by atoms with E-state index in [1.54, 1.807) is 18.2 Å². The van der Waals surface area contributed by atoms with Gasteiger partial charge in [0.25, 0.3) is 0 Å². The average molecular weight is 430 g/mol. The van der Waals surface area contributed by atoms with Gasteiger partial charge in [0.05, 0.1) is 6.61 Å². The van der Waals surface area contributed by atoms with Crippen LogP contribution in [0.15, 0.2) is 54.6 Å². The third-order valence-corrected chi connectivity index (χ3v) is 4.93. The average Bonchev–Trinajstić information content (AvgIpc) is 3.22. The van der Waals surface area contributed by atoms with Gasteiger partial charge >= 0.3 is 0 Å². The van der Waals surface area contributed by atoms with E-state index in [0.717, 1.165) is 22.6 Å². The largest absolute Gasteiger partial charge is 0.490 e. The molecule has 0 saturated heterocycles. The van der Waals surface area contributed by atoms with E-state index >= 15 is 0 Å². The maximum atomic E-state index is 13.1. The number of fused-ring (bicyclic) bond motifs is 1. The summed E-state index contributed by atoms with van der Waals surface area (Å²) in [5, 5.41) is 3.89. The zero-order valence-electron chi connectivity index (χ0n) is 16.4. The number of rotatable bonds is 8. The fraction of sp³-hybridized carbons (Fsp3) is 0.217. The molecule has 0 unspecified atom stereocenters. The molecular weight excluding hydrogens is 409 g/mol. The Labute approximate surface area is 179 Å². The second kappa shape index (κ2) is 9.13. The highest BCUT2D eigenvalue weighted by Crippen LogP contribution is 2.36. The third kappa shape index (κ3) is 4.71. The maximum absolute atomic E-state index is 13.1. The van der Waals surface area contributed by atoms with Crippen molar-refractivity contribution in [1.29, 1.82) is 0 Å². The summed E-state index contributed by atoms with van der Waals surface area (Å²) < 4.78 is 35.4. The second-order valence-electron chi connectivity index (χ2n) is 6.66. The summed E-state index contributed by atoms with van der Waals surface area (Å²) in [5.41, 5.74) is 2.61. The Morgan fingerprint density at radius 1 is 0.967 bits per heavy atom. The number of ether oxygens (including phenoxy) is 4. The molecule has 0 bridgehead atoms. The van der Waals surface area contributed by atoms with E-state index in [2.05, 4.69) is 5.32 Å². The highest BCUT2D eigenvalue weighted by atomic mass is 35.5. The number of hydrogen-bond acceptors (Lipinski definition) is 5. The molecule has 0 aromatic heterocycles. The lowest BCUT2D eigenvalue weighted by molar-refractivity contribution is 0.174. The van der Waals surface area contributed by atoms with Gasteiger partial charge in [0.1, 0.15) is 12.4 Å². The van der Waals surface area contributed by atoms with E-state index < -0.39 is 0 Å². The monoisotopic (exact) mass is 429 g/mol. The van der Waals surface area contributed by atoms with E-state index in [1.165, 1.54) is 12.1 Å². The molecule has 1 aliphatic heterocycles. The SMILES string of the molecule is CCOc1cc(CNc2ccc3c(c2)OCO3)c(Cl)cc1OCc1ccc(F)cc1. The molecule has 0 fully saturated rings. The Balaban J connectivity index is 1.47. The molecule has 1 aliphatic rings. The van der Waals surface area contributed by atoms with Crippen molar-refractivity contribution in [3.8, 4) is 23.0 Å². The summed E-state index contributed by atoms with van der Waals surface area (Å²) in [6.07, 6.45) is 0. The summed E-state index contributed by atoms with van der Waals surface area (Å²) in [7, 11) is 0. The first-order valence-electron chi connectivity index (χ1n) is 9.58. The first kappa shape index (κ1) is 20.2. The molecule has 30 heavy (non-hydrogen) atoms. The summed E-state index contributed by atoms with van der Waals surface area (Å²) >= 11 is 6.49. The number of hydrogen-bond donors (Lipinski definition) is 1. The highest BCUT2D eigenvalue weighted by Gasteiger charge is 2.15. The minimum Gasteiger partial charge on any atom is -0.490 e. The molecule has 0 radical (unpaired) electrons. The van der Waals surface area contributed by atoms with Crippen molar-refractivity contribution in [2.45, 2.75) is 20.1 Å². The van der Waals surface area contributed by atoms with Crippen molar-refractivity contribution >= 4 is 17.3 Å². The van der Waals surface area contributed by atoms with Crippen LogP contribution < -0.4 is 24.3 Å². The van der Waals surface area contributed by atoms with Gasteiger partial charge in [0.2, 0.25) is 6.79 Å². The zero-order valence-corrected chi connectivity index (χ0v) is 17.2. The lowest BCUT2D eigenvalue weighted by Gasteiger charge is -2.16. The standard InChI is InChI=1S/C23H21ClFNO4/c1-2-27-21-9-16(12-26-18-7-8-20-22(10-18)30-14-29-20)19(24)11-23(21)28-13-15-3-5-17(25)6-4-15/h3-11,26H,2,12-14H2,1H3. The van der Waals surface area contributed by atoms with Gasteiger partial charge < -0.3 is 24.3 Å². The number of benzene rings is 3. The molecule has 156 valence electrons. The van der Waals surface area contributed by atoms with Crippen molar-refractivity contribution in [2.75, 3.05) is 18.7 Å². The van der Waals surface area contributed by atoms with Crippen LogP contribution in [0.4, 0.5) is 10.1 Å². The number of anilines is 1. The molecule has 0 saturated carbocycles. The molecule has 7 heteroatoms.